The van der Waals surface area contributed by atoms with Gasteiger partial charge in [0.2, 0.25) is 5.91 Å². The first-order chi connectivity index (χ1) is 11.7. The molecule has 0 aliphatic rings. The molecule has 1 amide bonds. The van der Waals surface area contributed by atoms with Gasteiger partial charge in [0.1, 0.15) is 0 Å². The van der Waals surface area contributed by atoms with Crippen LogP contribution in [-0.2, 0) is 4.79 Å². The number of rotatable bonds is 16. The smallest absolute Gasteiger partial charge is 0.243 e. The normalized spacial score (nSPS) is 10.2. The summed E-state index contributed by atoms with van der Waals surface area (Å²) in [6, 6.07) is 0. The molecule has 0 unspecified atom stereocenters. The summed E-state index contributed by atoms with van der Waals surface area (Å²) in [5.74, 6) is -0.260. The maximum absolute atomic E-state index is 10.8. The number of aliphatic hydroxyl groups excluding tert-OH is 1. The highest BCUT2D eigenvalue weighted by Crippen LogP contribution is 2.13. The number of amides is 1. The fourth-order valence-corrected chi connectivity index (χ4v) is 2.71. The van der Waals surface area contributed by atoms with E-state index in [4.69, 9.17) is 10.3 Å². The lowest BCUT2D eigenvalue weighted by Crippen LogP contribution is -2.17. The quantitative estimate of drug-likeness (QED) is 0.189. The Hall–Kier alpha value is -0.610. The lowest BCUT2D eigenvalue weighted by molar-refractivity contribution is -0.129. The van der Waals surface area contributed by atoms with E-state index in [2.05, 4.69) is 6.92 Å². The summed E-state index contributed by atoms with van der Waals surface area (Å²) >= 11 is 0. The molecule has 0 heterocycles. The van der Waals surface area contributed by atoms with Gasteiger partial charge in [0.15, 0.2) is 0 Å². The standard InChI is InChI=1S/C18H37NO2.C2H6O/c1-2-3-4-5-6-7-8-9-10-11-12-13-14-15-16-17-18(20)19-21;1-2-3/h21H,2-17H2,1H3,(H,19,20);3H,2H2,1H3. The van der Waals surface area contributed by atoms with Crippen LogP contribution in [0.2, 0.25) is 0 Å². The number of hydrogen-bond donors (Lipinski definition) is 3. The molecule has 0 aromatic carbocycles. The zero-order valence-corrected chi connectivity index (χ0v) is 16.3. The molecule has 0 aromatic rings. The molecule has 0 fully saturated rings. The second-order valence-electron chi connectivity index (χ2n) is 6.55. The Morgan fingerprint density at radius 1 is 0.667 bits per heavy atom. The molecule has 0 saturated heterocycles. The van der Waals surface area contributed by atoms with Crippen LogP contribution in [0.3, 0.4) is 0 Å². The van der Waals surface area contributed by atoms with E-state index in [0.29, 0.717) is 6.42 Å². The second-order valence-corrected chi connectivity index (χ2v) is 6.55. The molecule has 0 saturated carbocycles. The summed E-state index contributed by atoms with van der Waals surface area (Å²) in [6.07, 6.45) is 20.3. The van der Waals surface area contributed by atoms with Crippen LogP contribution in [0.4, 0.5) is 0 Å². The molecular weight excluding hydrogens is 302 g/mol. The molecule has 0 radical (unpaired) electrons. The van der Waals surface area contributed by atoms with Crippen molar-refractivity contribution in [2.24, 2.45) is 0 Å². The van der Waals surface area contributed by atoms with Crippen LogP contribution in [0.15, 0.2) is 0 Å². The summed E-state index contributed by atoms with van der Waals surface area (Å²) in [5.41, 5.74) is 1.68. The molecule has 3 N–H and O–H groups in total. The van der Waals surface area contributed by atoms with Crippen molar-refractivity contribution in [1.82, 2.24) is 5.48 Å². The van der Waals surface area contributed by atoms with Gasteiger partial charge in [-0.05, 0) is 13.3 Å². The average molecular weight is 346 g/mol. The van der Waals surface area contributed by atoms with Crippen molar-refractivity contribution in [2.45, 2.75) is 117 Å². The third-order valence-corrected chi connectivity index (χ3v) is 4.13. The summed E-state index contributed by atoms with van der Waals surface area (Å²) in [5, 5.41) is 15.9. The van der Waals surface area contributed by atoms with Gasteiger partial charge >= 0.3 is 0 Å². The maximum atomic E-state index is 10.8. The van der Waals surface area contributed by atoms with Crippen molar-refractivity contribution < 1.29 is 15.1 Å². The summed E-state index contributed by atoms with van der Waals surface area (Å²) < 4.78 is 0. The Labute approximate surface area is 150 Å². The average Bonchev–Trinajstić information content (AvgIpc) is 2.58. The lowest BCUT2D eigenvalue weighted by atomic mass is 10.0. The molecule has 0 bridgehead atoms. The van der Waals surface area contributed by atoms with Gasteiger partial charge in [-0.25, -0.2) is 5.48 Å². The Bertz CT molecular complexity index is 235. The lowest BCUT2D eigenvalue weighted by Gasteiger charge is -2.03. The highest BCUT2D eigenvalue weighted by Gasteiger charge is 1.98. The van der Waals surface area contributed by atoms with Crippen LogP contribution in [0.5, 0.6) is 0 Å². The van der Waals surface area contributed by atoms with E-state index in [-0.39, 0.29) is 12.5 Å². The molecule has 146 valence electrons. The van der Waals surface area contributed by atoms with Crippen LogP contribution in [0, 0.1) is 0 Å². The topological polar surface area (TPSA) is 69.6 Å². The van der Waals surface area contributed by atoms with Crippen LogP contribution in [-0.4, -0.2) is 22.8 Å². The SMILES string of the molecule is CCCCCCCCCCCCCCCCCC(=O)NO.CCO. The van der Waals surface area contributed by atoms with Crippen LogP contribution in [0.1, 0.15) is 117 Å². The van der Waals surface area contributed by atoms with E-state index in [1.807, 2.05) is 0 Å². The van der Waals surface area contributed by atoms with Crippen molar-refractivity contribution in [1.29, 1.82) is 0 Å². The van der Waals surface area contributed by atoms with Crippen molar-refractivity contribution in [3.63, 3.8) is 0 Å². The van der Waals surface area contributed by atoms with Gasteiger partial charge in [-0.15, -0.1) is 0 Å². The molecule has 0 rings (SSSR count). The fourth-order valence-electron chi connectivity index (χ4n) is 2.71. The maximum Gasteiger partial charge on any atom is 0.243 e. The van der Waals surface area contributed by atoms with Crippen molar-refractivity contribution in [3.05, 3.63) is 0 Å². The zero-order chi connectivity index (χ0) is 18.3. The molecule has 0 atom stereocenters. The van der Waals surface area contributed by atoms with Gasteiger partial charge in [0.05, 0.1) is 0 Å². The van der Waals surface area contributed by atoms with Gasteiger partial charge in [0, 0.05) is 13.0 Å². The molecule has 0 spiro atoms. The number of unbranched alkanes of at least 4 members (excludes halogenated alkanes) is 14. The predicted octanol–water partition coefficient (Wildman–Crippen LogP) is 5.75. The van der Waals surface area contributed by atoms with E-state index >= 15 is 0 Å². The van der Waals surface area contributed by atoms with Crippen molar-refractivity contribution in [2.75, 3.05) is 6.61 Å². The summed E-state index contributed by atoms with van der Waals surface area (Å²) in [4.78, 5) is 10.8. The first-order valence-corrected chi connectivity index (χ1v) is 10.3. The van der Waals surface area contributed by atoms with Gasteiger partial charge in [0.25, 0.3) is 0 Å². The number of aliphatic hydroxyl groups is 1. The van der Waals surface area contributed by atoms with Crippen LogP contribution >= 0.6 is 0 Å². The van der Waals surface area contributed by atoms with Crippen LogP contribution < -0.4 is 5.48 Å². The van der Waals surface area contributed by atoms with E-state index in [0.717, 1.165) is 12.8 Å². The zero-order valence-electron chi connectivity index (χ0n) is 16.3. The molecule has 0 aliphatic carbocycles. The van der Waals surface area contributed by atoms with Gasteiger partial charge in [-0.3, -0.25) is 10.0 Å². The minimum Gasteiger partial charge on any atom is -0.397 e. The Morgan fingerprint density at radius 2 is 0.958 bits per heavy atom. The number of hydrogen-bond acceptors (Lipinski definition) is 3. The van der Waals surface area contributed by atoms with E-state index < -0.39 is 0 Å². The first kappa shape index (κ1) is 25.6. The largest absolute Gasteiger partial charge is 0.397 e. The van der Waals surface area contributed by atoms with Crippen molar-refractivity contribution in [3.8, 4) is 0 Å². The third kappa shape index (κ3) is 26.3. The first-order valence-electron chi connectivity index (χ1n) is 10.3. The Morgan fingerprint density at radius 3 is 1.25 bits per heavy atom. The number of hydroxylamine groups is 1. The van der Waals surface area contributed by atoms with E-state index in [1.54, 1.807) is 12.4 Å². The number of nitrogens with one attached hydrogen (secondary N) is 1. The predicted molar refractivity (Wildman–Crippen MR) is 102 cm³/mol. The van der Waals surface area contributed by atoms with Gasteiger partial charge in [-0.1, -0.05) is 96.8 Å². The number of carbonyl (C=O) groups is 1. The van der Waals surface area contributed by atoms with E-state index in [9.17, 15) is 4.79 Å². The summed E-state index contributed by atoms with van der Waals surface area (Å²) in [6.45, 7) is 4.20. The van der Waals surface area contributed by atoms with E-state index in [1.165, 1.54) is 83.5 Å². The third-order valence-electron chi connectivity index (χ3n) is 4.13. The summed E-state index contributed by atoms with van der Waals surface area (Å²) in [7, 11) is 0. The minimum absolute atomic E-state index is 0.250. The molecular formula is C20H43NO3. The highest BCUT2D eigenvalue weighted by atomic mass is 16.5. The fraction of sp³-hybridized carbons (Fsp3) is 0.950. The molecule has 0 aliphatic heterocycles. The van der Waals surface area contributed by atoms with Gasteiger partial charge in [-0.2, -0.15) is 0 Å². The molecule has 4 heteroatoms. The Balaban J connectivity index is 0. The Kier molecular flexibility index (Phi) is 26.3. The minimum atomic E-state index is -0.260. The monoisotopic (exact) mass is 345 g/mol. The highest BCUT2D eigenvalue weighted by molar-refractivity contribution is 5.74. The second kappa shape index (κ2) is 24.6. The molecule has 24 heavy (non-hydrogen) atoms. The molecule has 0 aromatic heterocycles. The van der Waals surface area contributed by atoms with Gasteiger partial charge < -0.3 is 5.11 Å². The van der Waals surface area contributed by atoms with Crippen molar-refractivity contribution >= 4 is 5.91 Å². The van der Waals surface area contributed by atoms with Crippen LogP contribution in [0.25, 0.3) is 0 Å². The number of carbonyl (C=O) groups excluding carboxylic acids is 1. The molecule has 4 nitrogen and oxygen atoms in total.